The van der Waals surface area contributed by atoms with Gasteiger partial charge in [-0.05, 0) is 36.8 Å². The molecule has 1 aromatic rings. The number of nitrogens with one attached hydrogen (secondary N) is 1. The molecule has 19 heavy (non-hydrogen) atoms. The molecule has 1 aliphatic rings. The summed E-state index contributed by atoms with van der Waals surface area (Å²) in [5.41, 5.74) is 0.109. The number of hydrogen-bond donors (Lipinski definition) is 1. The van der Waals surface area contributed by atoms with Crippen molar-refractivity contribution in [2.45, 2.75) is 19.4 Å². The Morgan fingerprint density at radius 2 is 1.79 bits per heavy atom. The van der Waals surface area contributed by atoms with Gasteiger partial charge in [0.25, 0.3) is 0 Å². The van der Waals surface area contributed by atoms with E-state index in [4.69, 9.17) is 0 Å². The molecule has 0 atom stereocenters. The molecule has 2 heterocycles. The van der Waals surface area contributed by atoms with Crippen LogP contribution >= 0.6 is 15.9 Å². The van der Waals surface area contributed by atoms with Crippen LogP contribution in [-0.2, 0) is 0 Å². The predicted octanol–water partition coefficient (Wildman–Crippen LogP) is 1.68. The van der Waals surface area contributed by atoms with Crippen molar-refractivity contribution in [2.24, 2.45) is 0 Å². The van der Waals surface area contributed by atoms with Crippen LogP contribution in [0.4, 0.5) is 5.95 Å². The lowest BCUT2D eigenvalue weighted by Gasteiger charge is -2.43. The van der Waals surface area contributed by atoms with Gasteiger partial charge >= 0.3 is 0 Å². The van der Waals surface area contributed by atoms with E-state index >= 15 is 0 Å². The summed E-state index contributed by atoms with van der Waals surface area (Å²) >= 11 is 3.34. The molecule has 1 fully saturated rings. The van der Waals surface area contributed by atoms with Crippen LogP contribution in [0.2, 0.25) is 0 Å². The number of anilines is 1. The largest absolute Gasteiger partial charge is 0.352 e. The van der Waals surface area contributed by atoms with E-state index in [9.17, 15) is 0 Å². The SMILES string of the molecule is CN1CCN(C(C)(C)CNc2ncc(Br)cn2)CC1. The van der Waals surface area contributed by atoms with Crippen LogP contribution in [0.3, 0.4) is 0 Å². The van der Waals surface area contributed by atoms with Gasteiger partial charge in [-0.1, -0.05) is 0 Å². The minimum absolute atomic E-state index is 0.109. The van der Waals surface area contributed by atoms with Crippen molar-refractivity contribution in [3.8, 4) is 0 Å². The minimum atomic E-state index is 0.109. The topological polar surface area (TPSA) is 44.3 Å². The number of likely N-dealkylation sites (N-methyl/N-ethyl adjacent to an activating group) is 1. The highest BCUT2D eigenvalue weighted by molar-refractivity contribution is 9.10. The number of hydrogen-bond acceptors (Lipinski definition) is 5. The molecule has 0 aliphatic carbocycles. The maximum atomic E-state index is 4.24. The average Bonchev–Trinajstić information content (AvgIpc) is 2.39. The van der Waals surface area contributed by atoms with Gasteiger partial charge in [0, 0.05) is 50.7 Å². The van der Waals surface area contributed by atoms with Gasteiger partial charge in [-0.3, -0.25) is 4.90 Å². The highest BCUT2D eigenvalue weighted by Gasteiger charge is 2.28. The third kappa shape index (κ3) is 4.12. The zero-order chi connectivity index (χ0) is 13.9. The van der Waals surface area contributed by atoms with Crippen molar-refractivity contribution in [1.29, 1.82) is 0 Å². The second kappa shape index (κ2) is 6.15. The van der Waals surface area contributed by atoms with Gasteiger partial charge in [-0.2, -0.15) is 0 Å². The Morgan fingerprint density at radius 1 is 1.21 bits per heavy atom. The van der Waals surface area contributed by atoms with Crippen LogP contribution in [-0.4, -0.2) is 65.1 Å². The molecule has 0 saturated carbocycles. The van der Waals surface area contributed by atoms with E-state index in [0.29, 0.717) is 5.95 Å². The van der Waals surface area contributed by atoms with Gasteiger partial charge in [-0.25, -0.2) is 9.97 Å². The Balaban J connectivity index is 1.88. The van der Waals surface area contributed by atoms with Crippen molar-refractivity contribution in [3.05, 3.63) is 16.9 Å². The Morgan fingerprint density at radius 3 is 2.37 bits per heavy atom. The molecule has 1 N–H and O–H groups in total. The van der Waals surface area contributed by atoms with Crippen molar-refractivity contribution in [2.75, 3.05) is 45.1 Å². The van der Waals surface area contributed by atoms with Crippen LogP contribution in [0.15, 0.2) is 16.9 Å². The second-order valence-corrected chi connectivity index (χ2v) is 6.60. The van der Waals surface area contributed by atoms with Gasteiger partial charge in [0.2, 0.25) is 5.95 Å². The van der Waals surface area contributed by atoms with E-state index in [1.807, 2.05) is 0 Å². The fourth-order valence-corrected chi connectivity index (χ4v) is 2.43. The Bertz CT molecular complexity index is 398. The van der Waals surface area contributed by atoms with Gasteiger partial charge in [0.05, 0.1) is 4.47 Å². The number of rotatable bonds is 4. The molecule has 2 rings (SSSR count). The van der Waals surface area contributed by atoms with E-state index in [2.05, 4.69) is 61.9 Å². The molecule has 1 aliphatic heterocycles. The van der Waals surface area contributed by atoms with E-state index in [0.717, 1.165) is 37.2 Å². The standard InChI is InChI=1S/C13H22BrN5/c1-13(2,19-6-4-18(3)5-7-19)10-17-12-15-8-11(14)9-16-12/h8-9H,4-7,10H2,1-3H3,(H,15,16,17). The quantitative estimate of drug-likeness (QED) is 0.911. The number of nitrogens with zero attached hydrogens (tertiary/aromatic N) is 4. The molecule has 0 amide bonds. The lowest BCUT2D eigenvalue weighted by molar-refractivity contribution is 0.0698. The van der Waals surface area contributed by atoms with Crippen LogP contribution in [0, 0.1) is 0 Å². The summed E-state index contributed by atoms with van der Waals surface area (Å²) < 4.78 is 0.899. The highest BCUT2D eigenvalue weighted by atomic mass is 79.9. The second-order valence-electron chi connectivity index (χ2n) is 5.68. The van der Waals surface area contributed by atoms with Crippen LogP contribution in [0.1, 0.15) is 13.8 Å². The van der Waals surface area contributed by atoms with Gasteiger partial charge in [-0.15, -0.1) is 0 Å². The molecule has 0 spiro atoms. The molecule has 1 aromatic heterocycles. The average molecular weight is 328 g/mol. The molecule has 0 radical (unpaired) electrons. The maximum Gasteiger partial charge on any atom is 0.222 e. The van der Waals surface area contributed by atoms with Gasteiger partial charge in [0.15, 0.2) is 0 Å². The van der Waals surface area contributed by atoms with Crippen LogP contribution in [0.25, 0.3) is 0 Å². The number of aromatic nitrogens is 2. The van der Waals surface area contributed by atoms with E-state index in [-0.39, 0.29) is 5.54 Å². The van der Waals surface area contributed by atoms with E-state index in [1.165, 1.54) is 0 Å². The van der Waals surface area contributed by atoms with Crippen molar-refractivity contribution < 1.29 is 0 Å². The van der Waals surface area contributed by atoms with E-state index < -0.39 is 0 Å². The van der Waals surface area contributed by atoms with Crippen molar-refractivity contribution >= 4 is 21.9 Å². The Kier molecular flexibility index (Phi) is 4.76. The molecule has 106 valence electrons. The monoisotopic (exact) mass is 327 g/mol. The first kappa shape index (κ1) is 14.7. The summed E-state index contributed by atoms with van der Waals surface area (Å²) in [6.45, 7) is 9.89. The number of halogens is 1. The third-order valence-corrected chi connectivity index (χ3v) is 4.07. The Hall–Kier alpha value is -0.720. The Labute approximate surface area is 123 Å². The summed E-state index contributed by atoms with van der Waals surface area (Å²) in [5, 5.41) is 3.32. The molecular formula is C13H22BrN5. The lowest BCUT2D eigenvalue weighted by Crippen LogP contribution is -2.56. The smallest absolute Gasteiger partial charge is 0.222 e. The fourth-order valence-electron chi connectivity index (χ4n) is 2.22. The van der Waals surface area contributed by atoms with Crippen LogP contribution < -0.4 is 5.32 Å². The van der Waals surface area contributed by atoms with Crippen molar-refractivity contribution in [1.82, 2.24) is 19.8 Å². The summed E-state index contributed by atoms with van der Waals surface area (Å²) in [4.78, 5) is 13.4. The summed E-state index contributed by atoms with van der Waals surface area (Å²) in [7, 11) is 2.18. The molecule has 0 unspecified atom stereocenters. The first-order valence-corrected chi connectivity index (χ1v) is 7.42. The molecule has 6 heteroatoms. The summed E-state index contributed by atoms with van der Waals surface area (Å²) in [6, 6.07) is 0. The third-order valence-electron chi connectivity index (χ3n) is 3.66. The number of piperazine rings is 1. The predicted molar refractivity (Wildman–Crippen MR) is 81.4 cm³/mol. The van der Waals surface area contributed by atoms with Gasteiger partial charge in [0.1, 0.15) is 0 Å². The van der Waals surface area contributed by atoms with Gasteiger partial charge < -0.3 is 10.2 Å². The highest BCUT2D eigenvalue weighted by Crippen LogP contribution is 2.17. The zero-order valence-corrected chi connectivity index (χ0v) is 13.4. The molecule has 0 bridgehead atoms. The molecule has 1 saturated heterocycles. The first-order valence-electron chi connectivity index (χ1n) is 6.62. The van der Waals surface area contributed by atoms with E-state index in [1.54, 1.807) is 12.4 Å². The molecule has 0 aromatic carbocycles. The summed E-state index contributed by atoms with van der Waals surface area (Å²) in [5.74, 6) is 0.686. The normalized spacial score (nSPS) is 18.5. The maximum absolute atomic E-state index is 4.24. The fraction of sp³-hybridized carbons (Fsp3) is 0.692. The van der Waals surface area contributed by atoms with Crippen LogP contribution in [0.5, 0.6) is 0 Å². The first-order chi connectivity index (χ1) is 8.97. The molecular weight excluding hydrogens is 306 g/mol. The zero-order valence-electron chi connectivity index (χ0n) is 11.9. The minimum Gasteiger partial charge on any atom is -0.352 e. The molecule has 5 nitrogen and oxygen atoms in total. The van der Waals surface area contributed by atoms with Crippen molar-refractivity contribution in [3.63, 3.8) is 0 Å². The lowest BCUT2D eigenvalue weighted by atomic mass is 10.0. The summed E-state index contributed by atoms with van der Waals surface area (Å²) in [6.07, 6.45) is 3.52.